The Balaban J connectivity index is 2.04. The molecule has 4 rings (SSSR count). The Bertz CT molecular complexity index is 1150. The fraction of sp³-hybridized carbons (Fsp3) is 0.167. The molecule has 0 fully saturated rings. The molecule has 0 unspecified atom stereocenters. The van der Waals surface area contributed by atoms with E-state index in [9.17, 15) is 13.2 Å². The molecule has 138 valence electrons. The number of nitrogens with zero attached hydrogens (tertiary/aromatic N) is 4. The van der Waals surface area contributed by atoms with Crippen molar-refractivity contribution in [2.24, 2.45) is 0 Å². The first-order valence-electron chi connectivity index (χ1n) is 7.92. The summed E-state index contributed by atoms with van der Waals surface area (Å²) < 4.78 is 49.5. The van der Waals surface area contributed by atoms with Gasteiger partial charge in [0.1, 0.15) is 11.5 Å². The van der Waals surface area contributed by atoms with Crippen LogP contribution in [0, 0.1) is 6.92 Å². The Kier molecular flexibility index (Phi) is 3.87. The molecule has 0 spiro atoms. The average Bonchev–Trinajstić information content (AvgIpc) is 3.06. The van der Waals surface area contributed by atoms with Gasteiger partial charge in [-0.05, 0) is 31.2 Å². The van der Waals surface area contributed by atoms with E-state index in [1.807, 2.05) is 0 Å². The standard InChI is InChI=1S/C18H13F3N4O2/c1-10-16-23-24-17(12-5-3-4-6-15(12)27-18(19,20)21)25(16)14-9-11(26-2)7-8-13(14)22-10/h3-9H,1-2H3. The van der Waals surface area contributed by atoms with E-state index in [1.54, 1.807) is 35.6 Å². The summed E-state index contributed by atoms with van der Waals surface area (Å²) in [6, 6.07) is 11.1. The van der Waals surface area contributed by atoms with Gasteiger partial charge in [-0.25, -0.2) is 4.98 Å². The van der Waals surface area contributed by atoms with Gasteiger partial charge in [-0.1, -0.05) is 12.1 Å². The largest absolute Gasteiger partial charge is 0.573 e. The lowest BCUT2D eigenvalue weighted by Crippen LogP contribution is -2.17. The molecule has 6 nitrogen and oxygen atoms in total. The van der Waals surface area contributed by atoms with Crippen LogP contribution in [0.4, 0.5) is 13.2 Å². The summed E-state index contributed by atoms with van der Waals surface area (Å²) in [5.41, 5.74) is 2.44. The highest BCUT2D eigenvalue weighted by atomic mass is 19.4. The molecule has 0 saturated carbocycles. The Hall–Kier alpha value is -3.36. The van der Waals surface area contributed by atoms with Crippen molar-refractivity contribution in [1.29, 1.82) is 0 Å². The predicted molar refractivity (Wildman–Crippen MR) is 91.7 cm³/mol. The second kappa shape index (κ2) is 6.11. The van der Waals surface area contributed by atoms with E-state index < -0.39 is 6.36 Å². The molecular formula is C18H13F3N4O2. The second-order valence-electron chi connectivity index (χ2n) is 5.78. The Morgan fingerprint density at radius 1 is 1.04 bits per heavy atom. The molecule has 2 heterocycles. The number of hydrogen-bond donors (Lipinski definition) is 0. The van der Waals surface area contributed by atoms with Crippen molar-refractivity contribution < 1.29 is 22.6 Å². The van der Waals surface area contributed by atoms with E-state index in [0.717, 1.165) is 0 Å². The SMILES string of the molecule is COc1ccc2nc(C)c3nnc(-c4ccccc4OC(F)(F)F)n3c2c1. The number of alkyl halides is 3. The quantitative estimate of drug-likeness (QED) is 0.539. The zero-order chi connectivity index (χ0) is 19.2. The number of fused-ring (bicyclic) bond motifs is 3. The van der Waals surface area contributed by atoms with Crippen molar-refractivity contribution in [3.05, 3.63) is 48.2 Å². The van der Waals surface area contributed by atoms with Gasteiger partial charge in [0.2, 0.25) is 0 Å². The molecule has 0 bridgehead atoms. The fourth-order valence-electron chi connectivity index (χ4n) is 2.92. The van der Waals surface area contributed by atoms with Gasteiger partial charge in [0.25, 0.3) is 0 Å². The Morgan fingerprint density at radius 2 is 1.81 bits per heavy atom. The van der Waals surface area contributed by atoms with E-state index >= 15 is 0 Å². The van der Waals surface area contributed by atoms with Crippen LogP contribution >= 0.6 is 0 Å². The van der Waals surface area contributed by atoms with E-state index in [2.05, 4.69) is 19.9 Å². The van der Waals surface area contributed by atoms with Crippen molar-refractivity contribution in [3.8, 4) is 22.9 Å². The van der Waals surface area contributed by atoms with E-state index in [0.29, 0.717) is 28.1 Å². The number of para-hydroxylation sites is 1. The number of methoxy groups -OCH3 is 1. The maximum atomic E-state index is 12.8. The molecule has 0 aliphatic rings. The van der Waals surface area contributed by atoms with Crippen LogP contribution in [-0.4, -0.2) is 33.1 Å². The number of benzene rings is 2. The lowest BCUT2D eigenvalue weighted by molar-refractivity contribution is -0.274. The Labute approximate surface area is 151 Å². The molecule has 27 heavy (non-hydrogen) atoms. The van der Waals surface area contributed by atoms with Crippen LogP contribution in [0.1, 0.15) is 5.69 Å². The van der Waals surface area contributed by atoms with Crippen LogP contribution in [-0.2, 0) is 0 Å². The number of aryl methyl sites for hydroxylation is 1. The van der Waals surface area contributed by atoms with Crippen LogP contribution < -0.4 is 9.47 Å². The number of hydrogen-bond acceptors (Lipinski definition) is 5. The zero-order valence-corrected chi connectivity index (χ0v) is 14.3. The highest BCUT2D eigenvalue weighted by molar-refractivity contribution is 5.83. The molecule has 0 amide bonds. The van der Waals surface area contributed by atoms with Crippen molar-refractivity contribution in [2.75, 3.05) is 7.11 Å². The number of halogens is 3. The third-order valence-corrected chi connectivity index (χ3v) is 4.05. The smallest absolute Gasteiger partial charge is 0.497 e. The Morgan fingerprint density at radius 3 is 2.56 bits per heavy atom. The monoisotopic (exact) mass is 374 g/mol. The summed E-state index contributed by atoms with van der Waals surface area (Å²) in [5, 5.41) is 8.22. The molecule has 0 atom stereocenters. The minimum atomic E-state index is -4.82. The summed E-state index contributed by atoms with van der Waals surface area (Å²) in [7, 11) is 1.53. The third kappa shape index (κ3) is 3.01. The fourth-order valence-corrected chi connectivity index (χ4v) is 2.92. The van der Waals surface area contributed by atoms with Crippen molar-refractivity contribution >= 4 is 16.7 Å². The lowest BCUT2D eigenvalue weighted by Gasteiger charge is -2.13. The summed E-state index contributed by atoms with van der Waals surface area (Å²) >= 11 is 0. The number of rotatable bonds is 3. The molecule has 0 N–H and O–H groups in total. The maximum Gasteiger partial charge on any atom is 0.573 e. The molecule has 4 aromatic rings. The first-order valence-corrected chi connectivity index (χ1v) is 7.92. The van der Waals surface area contributed by atoms with Crippen LogP contribution in [0.3, 0.4) is 0 Å². The van der Waals surface area contributed by atoms with Crippen LogP contribution in [0.5, 0.6) is 11.5 Å². The minimum absolute atomic E-state index is 0.164. The zero-order valence-electron chi connectivity index (χ0n) is 14.3. The number of aromatic nitrogens is 4. The van der Waals surface area contributed by atoms with Gasteiger partial charge in [-0.15, -0.1) is 23.4 Å². The van der Waals surface area contributed by atoms with Crippen molar-refractivity contribution in [1.82, 2.24) is 19.6 Å². The molecular weight excluding hydrogens is 361 g/mol. The average molecular weight is 374 g/mol. The molecule has 0 radical (unpaired) electrons. The molecule has 2 aromatic carbocycles. The minimum Gasteiger partial charge on any atom is -0.497 e. The van der Waals surface area contributed by atoms with Gasteiger partial charge >= 0.3 is 6.36 Å². The summed E-state index contributed by atoms with van der Waals surface area (Å²) in [6.07, 6.45) is -4.82. The lowest BCUT2D eigenvalue weighted by atomic mass is 10.2. The van der Waals surface area contributed by atoms with E-state index in [-0.39, 0.29) is 17.1 Å². The van der Waals surface area contributed by atoms with Gasteiger partial charge in [-0.2, -0.15) is 0 Å². The first-order chi connectivity index (χ1) is 12.9. The van der Waals surface area contributed by atoms with Crippen LogP contribution in [0.2, 0.25) is 0 Å². The van der Waals surface area contributed by atoms with E-state index in [4.69, 9.17) is 4.74 Å². The highest BCUT2D eigenvalue weighted by Gasteiger charge is 2.32. The normalized spacial score (nSPS) is 11.9. The molecule has 2 aromatic heterocycles. The molecule has 0 saturated heterocycles. The molecule has 9 heteroatoms. The molecule has 0 aliphatic heterocycles. The summed E-state index contributed by atoms with van der Waals surface area (Å²) in [6.45, 7) is 1.76. The second-order valence-corrected chi connectivity index (χ2v) is 5.78. The van der Waals surface area contributed by atoms with Gasteiger partial charge in [0, 0.05) is 6.07 Å². The topological polar surface area (TPSA) is 61.5 Å². The summed E-state index contributed by atoms with van der Waals surface area (Å²) in [5.74, 6) is 0.437. The van der Waals surface area contributed by atoms with Crippen molar-refractivity contribution in [3.63, 3.8) is 0 Å². The van der Waals surface area contributed by atoms with Crippen LogP contribution in [0.15, 0.2) is 42.5 Å². The van der Waals surface area contributed by atoms with Crippen LogP contribution in [0.25, 0.3) is 28.1 Å². The molecule has 0 aliphatic carbocycles. The van der Waals surface area contributed by atoms with E-state index in [1.165, 1.54) is 25.3 Å². The highest BCUT2D eigenvalue weighted by Crippen LogP contribution is 2.34. The van der Waals surface area contributed by atoms with Gasteiger partial charge in [0.15, 0.2) is 11.5 Å². The van der Waals surface area contributed by atoms with Crippen molar-refractivity contribution in [2.45, 2.75) is 13.3 Å². The van der Waals surface area contributed by atoms with Gasteiger partial charge in [-0.3, -0.25) is 4.40 Å². The first kappa shape index (κ1) is 17.1. The maximum absolute atomic E-state index is 12.8. The summed E-state index contributed by atoms with van der Waals surface area (Å²) in [4.78, 5) is 4.48. The van der Waals surface area contributed by atoms with Gasteiger partial charge < -0.3 is 9.47 Å². The predicted octanol–water partition coefficient (Wildman–Crippen LogP) is 4.16. The van der Waals surface area contributed by atoms with Gasteiger partial charge in [0.05, 0.1) is 29.4 Å². The number of ether oxygens (including phenoxy) is 2. The third-order valence-electron chi connectivity index (χ3n) is 4.05.